The summed E-state index contributed by atoms with van der Waals surface area (Å²) in [6.45, 7) is 2.16. The Morgan fingerprint density at radius 3 is 2.50 bits per heavy atom. The molecule has 1 fully saturated rings. The zero-order chi connectivity index (χ0) is 24.2. The summed E-state index contributed by atoms with van der Waals surface area (Å²) in [5.74, 6) is -0.585. The van der Waals surface area contributed by atoms with Gasteiger partial charge in [0.1, 0.15) is 5.75 Å². The van der Waals surface area contributed by atoms with Gasteiger partial charge in [0, 0.05) is 5.69 Å². The minimum Gasteiger partial charge on any atom is -0.496 e. The van der Waals surface area contributed by atoms with Gasteiger partial charge in [-0.3, -0.25) is 14.5 Å². The minimum atomic E-state index is -0.992. The molecule has 0 aromatic heterocycles. The monoisotopic (exact) mass is 459 g/mol. The summed E-state index contributed by atoms with van der Waals surface area (Å²) < 4.78 is 10.8. The molecule has 3 N–H and O–H groups in total. The molecule has 2 unspecified atom stereocenters. The van der Waals surface area contributed by atoms with Crippen molar-refractivity contribution in [1.29, 1.82) is 0 Å². The van der Waals surface area contributed by atoms with Crippen LogP contribution in [0.5, 0.6) is 5.75 Å². The summed E-state index contributed by atoms with van der Waals surface area (Å²) in [7, 11) is 1.49. The van der Waals surface area contributed by atoms with E-state index in [4.69, 9.17) is 15.2 Å². The van der Waals surface area contributed by atoms with E-state index in [0.717, 1.165) is 11.1 Å². The lowest BCUT2D eigenvalue weighted by atomic mass is 10.00. The number of anilines is 1. The number of ether oxygens (including phenoxy) is 2. The zero-order valence-electron chi connectivity index (χ0n) is 18.9. The molecule has 0 bridgehead atoms. The molecule has 1 aliphatic heterocycles. The van der Waals surface area contributed by atoms with E-state index in [1.807, 2.05) is 31.2 Å². The highest BCUT2D eigenvalue weighted by Gasteiger charge is 2.46. The van der Waals surface area contributed by atoms with Crippen molar-refractivity contribution in [3.63, 3.8) is 0 Å². The van der Waals surface area contributed by atoms with Gasteiger partial charge in [0.2, 0.25) is 5.91 Å². The number of carbonyl (C=O) groups is 3. The van der Waals surface area contributed by atoms with E-state index in [-0.39, 0.29) is 12.5 Å². The SMILES string of the molecule is COc1ccccc1C(=O)Nc1cccc(C2OC(=O)N(Cc3ccc(C)cc3)C2C(N)=O)c1. The first-order valence-corrected chi connectivity index (χ1v) is 10.7. The second-order valence-corrected chi connectivity index (χ2v) is 8.04. The number of nitrogens with one attached hydrogen (secondary N) is 1. The molecule has 0 spiro atoms. The van der Waals surface area contributed by atoms with Crippen LogP contribution in [0.25, 0.3) is 0 Å². The van der Waals surface area contributed by atoms with E-state index in [2.05, 4.69) is 5.32 Å². The van der Waals surface area contributed by atoms with Crippen LogP contribution in [0.3, 0.4) is 0 Å². The summed E-state index contributed by atoms with van der Waals surface area (Å²) in [5.41, 5.74) is 9.02. The Morgan fingerprint density at radius 2 is 1.79 bits per heavy atom. The van der Waals surface area contributed by atoms with E-state index in [1.54, 1.807) is 48.5 Å². The first kappa shape index (κ1) is 22.8. The largest absolute Gasteiger partial charge is 0.496 e. The van der Waals surface area contributed by atoms with E-state index in [0.29, 0.717) is 22.6 Å². The number of hydrogen-bond acceptors (Lipinski definition) is 5. The fraction of sp³-hybridized carbons (Fsp3) is 0.192. The summed E-state index contributed by atoms with van der Waals surface area (Å²) in [6.07, 6.45) is -1.53. The lowest BCUT2D eigenvalue weighted by molar-refractivity contribution is -0.123. The Labute approximate surface area is 197 Å². The van der Waals surface area contributed by atoms with E-state index < -0.39 is 24.1 Å². The van der Waals surface area contributed by atoms with E-state index >= 15 is 0 Å². The highest BCUT2D eigenvalue weighted by atomic mass is 16.6. The molecule has 1 saturated heterocycles. The fourth-order valence-electron chi connectivity index (χ4n) is 3.95. The van der Waals surface area contributed by atoms with Gasteiger partial charge in [-0.1, -0.05) is 54.1 Å². The number of nitrogens with two attached hydrogens (primary N) is 1. The van der Waals surface area contributed by atoms with Gasteiger partial charge in [-0.15, -0.1) is 0 Å². The first-order valence-electron chi connectivity index (χ1n) is 10.7. The molecule has 174 valence electrons. The number of rotatable bonds is 7. The number of hydrogen-bond donors (Lipinski definition) is 2. The third kappa shape index (κ3) is 4.71. The Morgan fingerprint density at radius 1 is 1.06 bits per heavy atom. The van der Waals surface area contributed by atoms with Gasteiger partial charge < -0.3 is 20.5 Å². The van der Waals surface area contributed by atoms with Crippen LogP contribution in [0.2, 0.25) is 0 Å². The highest BCUT2D eigenvalue weighted by Crippen LogP contribution is 2.35. The molecule has 3 aromatic rings. The van der Waals surface area contributed by atoms with Crippen LogP contribution < -0.4 is 15.8 Å². The fourth-order valence-corrected chi connectivity index (χ4v) is 3.95. The normalized spacial score (nSPS) is 17.2. The number of amides is 3. The maximum absolute atomic E-state index is 12.8. The molecule has 8 nitrogen and oxygen atoms in total. The number of cyclic esters (lactones) is 1. The van der Waals surface area contributed by atoms with Crippen molar-refractivity contribution in [3.8, 4) is 5.75 Å². The number of para-hydroxylation sites is 1. The molecule has 0 radical (unpaired) electrons. The van der Waals surface area contributed by atoms with Gasteiger partial charge in [-0.2, -0.15) is 0 Å². The Balaban J connectivity index is 1.57. The molecular formula is C26H25N3O5. The molecule has 8 heteroatoms. The number of nitrogens with zero attached hydrogens (tertiary/aromatic N) is 1. The minimum absolute atomic E-state index is 0.188. The number of benzene rings is 3. The highest BCUT2D eigenvalue weighted by molar-refractivity contribution is 6.06. The molecule has 34 heavy (non-hydrogen) atoms. The molecule has 0 saturated carbocycles. The van der Waals surface area contributed by atoms with Crippen LogP contribution in [0.4, 0.5) is 10.5 Å². The lowest BCUT2D eigenvalue weighted by Gasteiger charge is -2.22. The molecule has 1 heterocycles. The van der Waals surface area contributed by atoms with E-state index in [1.165, 1.54) is 12.0 Å². The van der Waals surface area contributed by atoms with E-state index in [9.17, 15) is 14.4 Å². The summed E-state index contributed by atoms with van der Waals surface area (Å²) in [6, 6.07) is 20.3. The van der Waals surface area contributed by atoms with Crippen molar-refractivity contribution in [2.75, 3.05) is 12.4 Å². The van der Waals surface area contributed by atoms with Crippen LogP contribution in [-0.2, 0) is 16.1 Å². The molecule has 3 aromatic carbocycles. The van der Waals surface area contributed by atoms with Crippen molar-refractivity contribution >= 4 is 23.6 Å². The van der Waals surface area contributed by atoms with Gasteiger partial charge >= 0.3 is 6.09 Å². The van der Waals surface area contributed by atoms with Gasteiger partial charge in [0.25, 0.3) is 5.91 Å². The van der Waals surface area contributed by atoms with Gasteiger partial charge in [0.15, 0.2) is 12.1 Å². The molecule has 3 amide bonds. The second-order valence-electron chi connectivity index (χ2n) is 8.04. The zero-order valence-corrected chi connectivity index (χ0v) is 18.9. The van der Waals surface area contributed by atoms with Crippen LogP contribution in [0.1, 0.15) is 33.2 Å². The Bertz CT molecular complexity index is 1230. The maximum atomic E-state index is 12.8. The van der Waals surface area contributed by atoms with Gasteiger partial charge in [-0.25, -0.2) is 4.79 Å². The third-order valence-corrected chi connectivity index (χ3v) is 5.67. The van der Waals surface area contributed by atoms with Crippen molar-refractivity contribution < 1.29 is 23.9 Å². The standard InChI is InChI=1S/C26H25N3O5/c1-16-10-12-17(13-11-16)15-29-22(24(27)30)23(34-26(29)32)18-6-5-7-19(14-18)28-25(31)20-8-3-4-9-21(20)33-2/h3-14,22-23H,15H2,1-2H3,(H2,27,30)(H,28,31). The molecule has 2 atom stereocenters. The Hall–Kier alpha value is -4.33. The van der Waals surface area contributed by atoms with Gasteiger partial charge in [0.05, 0.1) is 19.2 Å². The summed E-state index contributed by atoms with van der Waals surface area (Å²) >= 11 is 0. The van der Waals surface area contributed by atoms with Gasteiger partial charge in [-0.05, 0) is 42.3 Å². The first-order chi connectivity index (χ1) is 16.4. The average molecular weight is 460 g/mol. The van der Waals surface area contributed by atoms with Crippen molar-refractivity contribution in [3.05, 3.63) is 95.1 Å². The molecule has 0 aliphatic carbocycles. The van der Waals surface area contributed by atoms with Crippen LogP contribution in [0, 0.1) is 6.92 Å². The second kappa shape index (κ2) is 9.66. The van der Waals surface area contributed by atoms with Crippen LogP contribution in [-0.4, -0.2) is 36.0 Å². The third-order valence-electron chi connectivity index (χ3n) is 5.67. The van der Waals surface area contributed by atoms with Crippen molar-refractivity contribution in [1.82, 2.24) is 4.90 Å². The predicted molar refractivity (Wildman–Crippen MR) is 126 cm³/mol. The molecule has 1 aliphatic rings. The summed E-state index contributed by atoms with van der Waals surface area (Å²) in [4.78, 5) is 39.1. The number of aryl methyl sites for hydroxylation is 1. The number of methoxy groups -OCH3 is 1. The number of carbonyl (C=O) groups excluding carboxylic acids is 3. The topological polar surface area (TPSA) is 111 Å². The van der Waals surface area contributed by atoms with Crippen molar-refractivity contribution in [2.24, 2.45) is 5.73 Å². The molecular weight excluding hydrogens is 434 g/mol. The smallest absolute Gasteiger partial charge is 0.411 e. The predicted octanol–water partition coefficient (Wildman–Crippen LogP) is 3.80. The molecule has 4 rings (SSSR count). The number of primary amides is 1. The summed E-state index contributed by atoms with van der Waals surface area (Å²) in [5, 5.41) is 2.82. The maximum Gasteiger partial charge on any atom is 0.411 e. The average Bonchev–Trinajstić information content (AvgIpc) is 3.16. The van der Waals surface area contributed by atoms with Crippen LogP contribution >= 0.6 is 0 Å². The lowest BCUT2D eigenvalue weighted by Crippen LogP contribution is -2.43. The quantitative estimate of drug-likeness (QED) is 0.558. The van der Waals surface area contributed by atoms with Crippen LogP contribution in [0.15, 0.2) is 72.8 Å². The Kier molecular flexibility index (Phi) is 6.49. The van der Waals surface area contributed by atoms with Crippen molar-refractivity contribution in [2.45, 2.75) is 25.6 Å².